The van der Waals surface area contributed by atoms with Crippen molar-refractivity contribution in [1.82, 2.24) is 4.98 Å². The minimum Gasteiger partial charge on any atom is -0.262 e. The Morgan fingerprint density at radius 2 is 1.73 bits per heavy atom. The van der Waals surface area contributed by atoms with E-state index in [1.807, 2.05) is 25.1 Å². The number of halogens is 1. The highest BCUT2D eigenvalue weighted by Gasteiger charge is 2.02. The van der Waals surface area contributed by atoms with Gasteiger partial charge in [0.1, 0.15) is 5.82 Å². The molecule has 76 valence electrons. The maximum absolute atomic E-state index is 13.3. The molecule has 0 spiro atoms. The summed E-state index contributed by atoms with van der Waals surface area (Å²) < 4.78 is 13.3. The maximum atomic E-state index is 13.3. The van der Waals surface area contributed by atoms with Crippen molar-refractivity contribution in [3.05, 3.63) is 53.6 Å². The summed E-state index contributed by atoms with van der Waals surface area (Å²) in [6.45, 7) is 3.69. The Kier molecular flexibility index (Phi) is 2.50. The fraction of sp³-hybridized carbons (Fsp3) is 0.154. The normalized spacial score (nSPS) is 10.3. The van der Waals surface area contributed by atoms with Gasteiger partial charge in [-0.25, -0.2) is 4.39 Å². The molecule has 2 rings (SSSR count). The van der Waals surface area contributed by atoms with Gasteiger partial charge in [-0.1, -0.05) is 12.1 Å². The lowest BCUT2D eigenvalue weighted by molar-refractivity contribution is 0.619. The summed E-state index contributed by atoms with van der Waals surface area (Å²) in [6.07, 6.45) is 1.74. The third-order valence-electron chi connectivity index (χ3n) is 2.40. The van der Waals surface area contributed by atoms with Gasteiger partial charge in [0.15, 0.2) is 0 Å². The van der Waals surface area contributed by atoms with Gasteiger partial charge in [0, 0.05) is 11.9 Å². The fourth-order valence-corrected chi connectivity index (χ4v) is 1.50. The second kappa shape index (κ2) is 3.81. The van der Waals surface area contributed by atoms with E-state index < -0.39 is 0 Å². The lowest BCUT2D eigenvalue weighted by Gasteiger charge is -2.04. The molecule has 0 atom stereocenters. The molecule has 2 heteroatoms. The zero-order chi connectivity index (χ0) is 10.8. The molecule has 1 nitrogen and oxygen atoms in total. The summed E-state index contributed by atoms with van der Waals surface area (Å²) in [4.78, 5) is 4.11. The molecular weight excluding hydrogens is 189 g/mol. The SMILES string of the molecule is Cc1cc(-c2ccc(C)c(F)c2)ccn1. The largest absolute Gasteiger partial charge is 0.262 e. The molecular formula is C13H12FN. The van der Waals surface area contributed by atoms with Gasteiger partial charge >= 0.3 is 0 Å². The topological polar surface area (TPSA) is 12.9 Å². The van der Waals surface area contributed by atoms with Crippen LogP contribution < -0.4 is 0 Å². The molecule has 0 unspecified atom stereocenters. The van der Waals surface area contributed by atoms with Crippen LogP contribution in [0.4, 0.5) is 4.39 Å². The predicted molar refractivity (Wildman–Crippen MR) is 59.1 cm³/mol. The average molecular weight is 201 g/mol. The van der Waals surface area contributed by atoms with Crippen LogP contribution in [-0.4, -0.2) is 4.98 Å². The summed E-state index contributed by atoms with van der Waals surface area (Å²) in [5.41, 5.74) is 3.50. The van der Waals surface area contributed by atoms with Crippen molar-refractivity contribution in [1.29, 1.82) is 0 Å². The van der Waals surface area contributed by atoms with E-state index >= 15 is 0 Å². The van der Waals surface area contributed by atoms with E-state index in [9.17, 15) is 4.39 Å². The van der Waals surface area contributed by atoms with Gasteiger partial charge in [-0.3, -0.25) is 4.98 Å². The Morgan fingerprint density at radius 1 is 1.00 bits per heavy atom. The first-order valence-electron chi connectivity index (χ1n) is 4.86. The quantitative estimate of drug-likeness (QED) is 0.688. The Bertz CT molecular complexity index is 492. The van der Waals surface area contributed by atoms with Crippen LogP contribution in [0.3, 0.4) is 0 Å². The van der Waals surface area contributed by atoms with Gasteiger partial charge in [-0.2, -0.15) is 0 Å². The van der Waals surface area contributed by atoms with Crippen LogP contribution in [0.2, 0.25) is 0 Å². The highest BCUT2D eigenvalue weighted by molar-refractivity contribution is 5.63. The third-order valence-corrected chi connectivity index (χ3v) is 2.40. The summed E-state index contributed by atoms with van der Waals surface area (Å²) in [5.74, 6) is -0.165. The Labute approximate surface area is 88.6 Å². The molecule has 0 N–H and O–H groups in total. The molecule has 0 saturated heterocycles. The Hall–Kier alpha value is -1.70. The molecule has 0 amide bonds. The number of pyridine rings is 1. The van der Waals surface area contributed by atoms with Gasteiger partial charge in [-0.05, 0) is 48.7 Å². The van der Waals surface area contributed by atoms with Crippen molar-refractivity contribution in [3.63, 3.8) is 0 Å². The van der Waals surface area contributed by atoms with E-state index in [2.05, 4.69) is 4.98 Å². The highest BCUT2D eigenvalue weighted by atomic mass is 19.1. The maximum Gasteiger partial charge on any atom is 0.126 e. The van der Waals surface area contributed by atoms with Crippen LogP contribution in [0.5, 0.6) is 0 Å². The molecule has 0 bridgehead atoms. The van der Waals surface area contributed by atoms with Crippen LogP contribution in [0.15, 0.2) is 36.5 Å². The first-order chi connectivity index (χ1) is 7.16. The first kappa shape index (κ1) is 9.84. The average Bonchev–Trinajstić information content (AvgIpc) is 2.22. The van der Waals surface area contributed by atoms with Crippen LogP contribution in [0, 0.1) is 19.7 Å². The van der Waals surface area contributed by atoms with E-state index in [1.54, 1.807) is 25.3 Å². The standard InChI is InChI=1S/C13H12FN/c1-9-3-4-11(8-13(9)14)12-5-6-15-10(2)7-12/h3-8H,1-2H3. The summed E-state index contributed by atoms with van der Waals surface area (Å²) in [5, 5.41) is 0. The number of nitrogens with zero attached hydrogens (tertiary/aromatic N) is 1. The van der Waals surface area contributed by atoms with Crippen molar-refractivity contribution in [2.24, 2.45) is 0 Å². The molecule has 1 aromatic heterocycles. The van der Waals surface area contributed by atoms with Gasteiger partial charge < -0.3 is 0 Å². The van der Waals surface area contributed by atoms with Crippen LogP contribution in [0.25, 0.3) is 11.1 Å². The van der Waals surface area contributed by atoms with Crippen molar-refractivity contribution >= 4 is 0 Å². The first-order valence-corrected chi connectivity index (χ1v) is 4.86. The minimum absolute atomic E-state index is 0.165. The second-order valence-corrected chi connectivity index (χ2v) is 3.65. The Morgan fingerprint density at radius 3 is 2.40 bits per heavy atom. The lowest BCUT2D eigenvalue weighted by atomic mass is 10.0. The Balaban J connectivity index is 2.50. The molecule has 0 aliphatic rings. The van der Waals surface area contributed by atoms with Gasteiger partial charge in [0.25, 0.3) is 0 Å². The number of aryl methyl sites for hydroxylation is 2. The summed E-state index contributed by atoms with van der Waals surface area (Å²) in [6, 6.07) is 9.11. The van der Waals surface area contributed by atoms with Gasteiger partial charge in [-0.15, -0.1) is 0 Å². The molecule has 1 heterocycles. The van der Waals surface area contributed by atoms with Crippen LogP contribution in [0.1, 0.15) is 11.3 Å². The number of rotatable bonds is 1. The molecule has 0 radical (unpaired) electrons. The van der Waals surface area contributed by atoms with Crippen LogP contribution >= 0.6 is 0 Å². The van der Waals surface area contributed by atoms with Crippen molar-refractivity contribution < 1.29 is 4.39 Å². The van der Waals surface area contributed by atoms with Gasteiger partial charge in [0.2, 0.25) is 0 Å². The van der Waals surface area contributed by atoms with Crippen molar-refractivity contribution in [2.45, 2.75) is 13.8 Å². The number of hydrogen-bond acceptors (Lipinski definition) is 1. The highest BCUT2D eigenvalue weighted by Crippen LogP contribution is 2.21. The summed E-state index contributed by atoms with van der Waals surface area (Å²) in [7, 11) is 0. The molecule has 0 fully saturated rings. The van der Waals surface area contributed by atoms with E-state index in [-0.39, 0.29) is 5.82 Å². The van der Waals surface area contributed by atoms with Gasteiger partial charge in [0.05, 0.1) is 0 Å². The zero-order valence-corrected chi connectivity index (χ0v) is 8.79. The number of benzene rings is 1. The van der Waals surface area contributed by atoms with Crippen molar-refractivity contribution in [2.75, 3.05) is 0 Å². The summed E-state index contributed by atoms with van der Waals surface area (Å²) >= 11 is 0. The monoisotopic (exact) mass is 201 g/mol. The molecule has 0 saturated carbocycles. The smallest absolute Gasteiger partial charge is 0.126 e. The van der Waals surface area contributed by atoms with Crippen LogP contribution in [-0.2, 0) is 0 Å². The van der Waals surface area contributed by atoms with E-state index in [0.717, 1.165) is 16.8 Å². The third kappa shape index (κ3) is 2.04. The number of hydrogen-bond donors (Lipinski definition) is 0. The number of aromatic nitrogens is 1. The minimum atomic E-state index is -0.165. The zero-order valence-electron chi connectivity index (χ0n) is 8.79. The van der Waals surface area contributed by atoms with E-state index in [0.29, 0.717) is 5.56 Å². The molecule has 1 aromatic carbocycles. The second-order valence-electron chi connectivity index (χ2n) is 3.65. The van der Waals surface area contributed by atoms with E-state index in [4.69, 9.17) is 0 Å². The van der Waals surface area contributed by atoms with E-state index in [1.165, 1.54) is 0 Å². The molecule has 2 aromatic rings. The predicted octanol–water partition coefficient (Wildman–Crippen LogP) is 3.50. The molecule has 0 aliphatic carbocycles. The van der Waals surface area contributed by atoms with Crippen molar-refractivity contribution in [3.8, 4) is 11.1 Å². The lowest BCUT2D eigenvalue weighted by Crippen LogP contribution is -1.86. The molecule has 15 heavy (non-hydrogen) atoms. The molecule has 0 aliphatic heterocycles. The fourth-order valence-electron chi connectivity index (χ4n) is 1.50.